The van der Waals surface area contributed by atoms with Gasteiger partial charge in [-0.25, -0.2) is 0 Å². The average Bonchev–Trinajstić information content (AvgIpc) is 3.48. The minimum Gasteiger partial charge on any atom is -0.491 e. The van der Waals surface area contributed by atoms with E-state index in [0.717, 1.165) is 17.0 Å². The summed E-state index contributed by atoms with van der Waals surface area (Å²) in [5.41, 5.74) is 1.82. The van der Waals surface area contributed by atoms with Crippen LogP contribution in [0.5, 0.6) is 5.75 Å². The van der Waals surface area contributed by atoms with Crippen molar-refractivity contribution in [2.24, 2.45) is 11.8 Å². The van der Waals surface area contributed by atoms with Crippen molar-refractivity contribution in [3.8, 4) is 5.75 Å². The Kier molecular flexibility index (Phi) is 6.34. The first-order valence-corrected chi connectivity index (χ1v) is 9.88. The fourth-order valence-electron chi connectivity index (χ4n) is 3.27. The highest BCUT2D eigenvalue weighted by Crippen LogP contribution is 2.41. The molecule has 2 amide bonds. The molecule has 5 heteroatoms. The molecular weight excluding hydrogens is 352 g/mol. The van der Waals surface area contributed by atoms with E-state index in [1.807, 2.05) is 80.3 Å². The lowest BCUT2D eigenvalue weighted by molar-refractivity contribution is -0.134. The second-order valence-electron chi connectivity index (χ2n) is 7.47. The number of nitrogens with one attached hydrogen (secondary N) is 1. The van der Waals surface area contributed by atoms with Crippen LogP contribution in [0.15, 0.2) is 54.6 Å². The molecule has 1 aliphatic rings. The van der Waals surface area contributed by atoms with E-state index in [1.165, 1.54) is 0 Å². The van der Waals surface area contributed by atoms with Gasteiger partial charge in [0.25, 0.3) is 0 Å². The van der Waals surface area contributed by atoms with Crippen molar-refractivity contribution in [2.45, 2.75) is 39.8 Å². The summed E-state index contributed by atoms with van der Waals surface area (Å²) in [7, 11) is 0. The smallest absolute Gasteiger partial charge is 0.228 e. The lowest BCUT2D eigenvalue weighted by Gasteiger charge is -2.21. The monoisotopic (exact) mass is 380 g/mol. The van der Waals surface area contributed by atoms with Gasteiger partial charge in [-0.05, 0) is 57.0 Å². The van der Waals surface area contributed by atoms with Crippen LogP contribution in [0.1, 0.15) is 32.8 Å². The Morgan fingerprint density at radius 2 is 1.75 bits per heavy atom. The van der Waals surface area contributed by atoms with E-state index in [1.54, 1.807) is 0 Å². The van der Waals surface area contributed by atoms with Gasteiger partial charge >= 0.3 is 0 Å². The molecule has 28 heavy (non-hydrogen) atoms. The van der Waals surface area contributed by atoms with Gasteiger partial charge in [0.2, 0.25) is 11.8 Å². The van der Waals surface area contributed by atoms with Gasteiger partial charge in [-0.1, -0.05) is 30.3 Å². The number of carbonyl (C=O) groups is 2. The summed E-state index contributed by atoms with van der Waals surface area (Å²) in [4.78, 5) is 27.1. The molecule has 0 saturated heterocycles. The predicted molar refractivity (Wildman–Crippen MR) is 110 cm³/mol. The second kappa shape index (κ2) is 8.91. The topological polar surface area (TPSA) is 58.6 Å². The number of rotatable bonds is 8. The van der Waals surface area contributed by atoms with Gasteiger partial charge in [0.1, 0.15) is 5.75 Å². The van der Waals surface area contributed by atoms with Crippen LogP contribution in [-0.2, 0) is 16.1 Å². The summed E-state index contributed by atoms with van der Waals surface area (Å²) < 4.78 is 5.61. The third-order valence-electron chi connectivity index (χ3n) is 4.85. The van der Waals surface area contributed by atoms with Gasteiger partial charge in [0.15, 0.2) is 0 Å². The number of carbonyl (C=O) groups excluding carboxylic acids is 2. The third-order valence-corrected chi connectivity index (χ3v) is 4.85. The molecule has 2 aromatic rings. The molecule has 0 aromatic heterocycles. The van der Waals surface area contributed by atoms with Crippen molar-refractivity contribution in [1.82, 2.24) is 4.90 Å². The van der Waals surface area contributed by atoms with Crippen LogP contribution in [0.4, 0.5) is 5.69 Å². The van der Waals surface area contributed by atoms with Crippen molar-refractivity contribution >= 4 is 17.5 Å². The number of benzene rings is 2. The molecule has 0 aliphatic heterocycles. The fraction of sp³-hybridized carbons (Fsp3) is 0.391. The minimum absolute atomic E-state index is 0.0622. The Bertz CT molecular complexity index is 802. The normalized spacial score (nSPS) is 17.9. The maximum absolute atomic E-state index is 12.8. The molecule has 1 aliphatic carbocycles. The van der Waals surface area contributed by atoms with Crippen LogP contribution in [0.2, 0.25) is 0 Å². The lowest BCUT2D eigenvalue weighted by Crippen LogP contribution is -2.33. The average molecular weight is 380 g/mol. The highest BCUT2D eigenvalue weighted by atomic mass is 16.5. The molecule has 2 atom stereocenters. The van der Waals surface area contributed by atoms with Crippen LogP contribution in [0.25, 0.3) is 0 Å². The SMILES string of the molecule is CCN(Cc1ccccc1)C(=O)C1CC1C(=O)Nc1ccc(OC(C)C)cc1. The standard InChI is InChI=1S/C23H28N2O3/c1-4-25(15-17-8-6-5-7-9-17)23(27)21-14-20(21)22(26)24-18-10-12-19(13-11-18)28-16(2)3/h5-13,16,20-21H,4,14-15H2,1-3H3,(H,24,26). The van der Waals surface area contributed by atoms with Gasteiger partial charge in [0.05, 0.1) is 17.9 Å². The molecule has 1 N–H and O–H groups in total. The maximum atomic E-state index is 12.8. The van der Waals surface area contributed by atoms with E-state index in [9.17, 15) is 9.59 Å². The first-order chi connectivity index (χ1) is 13.5. The molecule has 1 fully saturated rings. The first-order valence-electron chi connectivity index (χ1n) is 9.88. The fourth-order valence-corrected chi connectivity index (χ4v) is 3.27. The Hall–Kier alpha value is -2.82. The highest BCUT2D eigenvalue weighted by molar-refractivity contribution is 5.99. The van der Waals surface area contributed by atoms with Crippen LogP contribution in [0.3, 0.4) is 0 Å². The molecule has 5 nitrogen and oxygen atoms in total. The number of hydrogen-bond donors (Lipinski definition) is 1. The Morgan fingerprint density at radius 3 is 2.36 bits per heavy atom. The van der Waals surface area contributed by atoms with Gasteiger partial charge in [0, 0.05) is 18.8 Å². The van der Waals surface area contributed by atoms with Crippen molar-refractivity contribution < 1.29 is 14.3 Å². The molecule has 0 heterocycles. The molecule has 148 valence electrons. The molecule has 1 saturated carbocycles. The highest BCUT2D eigenvalue weighted by Gasteiger charge is 2.49. The van der Waals surface area contributed by atoms with E-state index in [-0.39, 0.29) is 29.8 Å². The van der Waals surface area contributed by atoms with Gasteiger partial charge in [-0.15, -0.1) is 0 Å². The predicted octanol–water partition coefficient (Wildman–Crippen LogP) is 4.10. The molecular formula is C23H28N2O3. The number of hydrogen-bond acceptors (Lipinski definition) is 3. The summed E-state index contributed by atoms with van der Waals surface area (Å²) in [5, 5.41) is 2.91. The minimum atomic E-state index is -0.246. The molecule has 2 aromatic carbocycles. The van der Waals surface area contributed by atoms with Gasteiger partial charge in [-0.3, -0.25) is 9.59 Å². The van der Waals surface area contributed by atoms with E-state index >= 15 is 0 Å². The largest absolute Gasteiger partial charge is 0.491 e. The zero-order chi connectivity index (χ0) is 20.1. The van der Waals surface area contributed by atoms with E-state index in [2.05, 4.69) is 5.32 Å². The first kappa shape index (κ1) is 19.9. The maximum Gasteiger partial charge on any atom is 0.228 e. The van der Waals surface area contributed by atoms with Gasteiger partial charge < -0.3 is 15.0 Å². The zero-order valence-corrected chi connectivity index (χ0v) is 16.7. The summed E-state index contributed by atoms with van der Waals surface area (Å²) in [5.74, 6) is 0.280. The van der Waals surface area contributed by atoms with Crippen LogP contribution >= 0.6 is 0 Å². The number of amides is 2. The van der Waals surface area contributed by atoms with Crippen molar-refractivity contribution in [1.29, 1.82) is 0 Å². The van der Waals surface area contributed by atoms with E-state index < -0.39 is 0 Å². The number of nitrogens with zero attached hydrogens (tertiary/aromatic N) is 1. The second-order valence-corrected chi connectivity index (χ2v) is 7.47. The van der Waals surface area contributed by atoms with Crippen LogP contribution in [-0.4, -0.2) is 29.4 Å². The zero-order valence-electron chi connectivity index (χ0n) is 16.7. The molecule has 0 bridgehead atoms. The van der Waals surface area contributed by atoms with Crippen LogP contribution < -0.4 is 10.1 Å². The molecule has 0 radical (unpaired) electrons. The number of anilines is 1. The Balaban J connectivity index is 1.53. The van der Waals surface area contributed by atoms with Crippen LogP contribution in [0, 0.1) is 11.8 Å². The Morgan fingerprint density at radius 1 is 1.07 bits per heavy atom. The summed E-state index contributed by atoms with van der Waals surface area (Å²) >= 11 is 0. The number of ether oxygens (including phenoxy) is 1. The lowest BCUT2D eigenvalue weighted by atomic mass is 10.2. The summed E-state index contributed by atoms with van der Waals surface area (Å²) in [6.07, 6.45) is 0.723. The van der Waals surface area contributed by atoms with E-state index in [0.29, 0.717) is 19.5 Å². The summed E-state index contributed by atoms with van der Waals surface area (Å²) in [6.45, 7) is 7.13. The van der Waals surface area contributed by atoms with Crippen molar-refractivity contribution in [2.75, 3.05) is 11.9 Å². The summed E-state index contributed by atoms with van der Waals surface area (Å²) in [6, 6.07) is 17.2. The Labute approximate surface area is 166 Å². The molecule has 3 rings (SSSR count). The molecule has 2 unspecified atom stereocenters. The van der Waals surface area contributed by atoms with Crippen molar-refractivity contribution in [3.63, 3.8) is 0 Å². The van der Waals surface area contributed by atoms with E-state index in [4.69, 9.17) is 4.74 Å². The third kappa shape index (κ3) is 5.12. The quantitative estimate of drug-likeness (QED) is 0.750. The van der Waals surface area contributed by atoms with Gasteiger partial charge in [-0.2, -0.15) is 0 Å². The van der Waals surface area contributed by atoms with Crippen molar-refractivity contribution in [3.05, 3.63) is 60.2 Å². The molecule has 0 spiro atoms.